The first-order valence-corrected chi connectivity index (χ1v) is 5.59. The van der Waals surface area contributed by atoms with E-state index in [9.17, 15) is 9.59 Å². The van der Waals surface area contributed by atoms with E-state index in [4.69, 9.17) is 9.47 Å². The number of rotatable bonds is 2. The largest absolute Gasteiger partial charge is 0.423 e. The molecule has 1 aromatic rings. The Hall–Kier alpha value is -2.04. The van der Waals surface area contributed by atoms with E-state index in [0.717, 1.165) is 24.1 Å². The maximum Gasteiger partial charge on any atom is 0.308 e. The Morgan fingerprint density at radius 1 is 1.17 bits per heavy atom. The van der Waals surface area contributed by atoms with Crippen LogP contribution < -0.4 is 14.8 Å². The summed E-state index contributed by atoms with van der Waals surface area (Å²) in [6.07, 6.45) is 1.58. The lowest BCUT2D eigenvalue weighted by Gasteiger charge is -2.19. The lowest BCUT2D eigenvalue weighted by atomic mass is 10.0. The Balaban J connectivity index is 2.40. The van der Waals surface area contributed by atoms with Crippen LogP contribution in [0.3, 0.4) is 0 Å². The Kier molecular flexibility index (Phi) is 3.50. The third-order valence-corrected chi connectivity index (χ3v) is 2.42. The van der Waals surface area contributed by atoms with Gasteiger partial charge in [-0.05, 0) is 24.5 Å². The van der Waals surface area contributed by atoms with Crippen LogP contribution in [0.15, 0.2) is 12.1 Å². The summed E-state index contributed by atoms with van der Waals surface area (Å²) in [5, 5.41) is 2.98. The van der Waals surface area contributed by atoms with Crippen molar-refractivity contribution in [1.82, 2.24) is 0 Å². The highest BCUT2D eigenvalue weighted by molar-refractivity contribution is 5.76. The summed E-state index contributed by atoms with van der Waals surface area (Å²) >= 11 is 0. The number of anilines is 1. The summed E-state index contributed by atoms with van der Waals surface area (Å²) in [4.78, 5) is 22.0. The molecule has 0 atom stereocenters. The van der Waals surface area contributed by atoms with Crippen molar-refractivity contribution in [2.24, 2.45) is 0 Å². The molecule has 0 saturated carbocycles. The van der Waals surface area contributed by atoms with Crippen LogP contribution in [-0.4, -0.2) is 11.9 Å². The van der Waals surface area contributed by atoms with Crippen LogP contribution in [0.5, 0.6) is 11.5 Å². The number of hydrogen-bond acceptors (Lipinski definition) is 5. The molecule has 0 aromatic heterocycles. The molecule has 2 radical (unpaired) electrons. The molecule has 94 valence electrons. The monoisotopic (exact) mass is 247 g/mol. The van der Waals surface area contributed by atoms with Gasteiger partial charge in [-0.3, -0.25) is 9.59 Å². The van der Waals surface area contributed by atoms with E-state index in [1.54, 1.807) is 12.1 Å². The maximum absolute atomic E-state index is 11.0. The summed E-state index contributed by atoms with van der Waals surface area (Å²) in [5.74, 6) is -0.426. The van der Waals surface area contributed by atoms with Crippen molar-refractivity contribution in [2.45, 2.75) is 26.7 Å². The average molecular weight is 247 g/mol. The van der Waals surface area contributed by atoms with E-state index in [-0.39, 0.29) is 11.5 Å². The zero-order valence-corrected chi connectivity index (χ0v) is 10.2. The highest BCUT2D eigenvalue weighted by Crippen LogP contribution is 2.36. The molecule has 0 amide bonds. The number of hydrogen-bond donors (Lipinski definition) is 1. The molecule has 2 rings (SSSR count). The maximum atomic E-state index is 11.0. The third-order valence-electron chi connectivity index (χ3n) is 2.42. The quantitative estimate of drug-likeness (QED) is 0.639. The van der Waals surface area contributed by atoms with Crippen LogP contribution in [0.25, 0.3) is 0 Å². The molecule has 0 aliphatic carbocycles. The van der Waals surface area contributed by atoms with E-state index in [1.807, 2.05) is 0 Å². The SMILES string of the molecule is CC(=O)Oc1cc2c(cc1OC(C)=O)N[C]CC2. The summed E-state index contributed by atoms with van der Waals surface area (Å²) < 4.78 is 10.1. The first-order chi connectivity index (χ1) is 8.56. The number of carbonyl (C=O) groups excluding carboxylic acids is 2. The first kappa shape index (κ1) is 12.4. The fourth-order valence-corrected chi connectivity index (χ4v) is 1.75. The summed E-state index contributed by atoms with van der Waals surface area (Å²) in [5.41, 5.74) is 1.81. The van der Waals surface area contributed by atoms with Crippen LogP contribution in [0.4, 0.5) is 5.69 Å². The van der Waals surface area contributed by atoms with Crippen molar-refractivity contribution in [3.05, 3.63) is 24.2 Å². The molecule has 5 nitrogen and oxygen atoms in total. The number of fused-ring (bicyclic) bond motifs is 1. The predicted octanol–water partition coefficient (Wildman–Crippen LogP) is 1.93. The Morgan fingerprint density at radius 3 is 2.39 bits per heavy atom. The van der Waals surface area contributed by atoms with Crippen LogP contribution in [0.1, 0.15) is 25.8 Å². The van der Waals surface area contributed by atoms with Crippen molar-refractivity contribution in [3.8, 4) is 11.5 Å². The minimum absolute atomic E-state index is 0.229. The molecular formula is C13H13NO4. The number of esters is 2. The molecule has 1 aliphatic rings. The number of aryl methyl sites for hydroxylation is 1. The van der Waals surface area contributed by atoms with Gasteiger partial charge in [0.05, 0.1) is 6.54 Å². The highest BCUT2D eigenvalue weighted by Gasteiger charge is 2.17. The van der Waals surface area contributed by atoms with E-state index in [0.29, 0.717) is 0 Å². The van der Waals surface area contributed by atoms with Gasteiger partial charge in [0.15, 0.2) is 11.5 Å². The molecule has 0 fully saturated rings. The lowest BCUT2D eigenvalue weighted by molar-refractivity contribution is -0.134. The van der Waals surface area contributed by atoms with Gasteiger partial charge in [0, 0.05) is 25.6 Å². The molecule has 5 heteroatoms. The van der Waals surface area contributed by atoms with Crippen molar-refractivity contribution in [3.63, 3.8) is 0 Å². The van der Waals surface area contributed by atoms with Crippen molar-refractivity contribution in [2.75, 3.05) is 5.32 Å². The number of ether oxygens (including phenoxy) is 2. The van der Waals surface area contributed by atoms with E-state index < -0.39 is 11.9 Å². The Bertz CT molecular complexity index is 451. The summed E-state index contributed by atoms with van der Waals surface area (Å²) in [6.45, 7) is 5.58. The molecule has 1 aliphatic heterocycles. The van der Waals surface area contributed by atoms with Gasteiger partial charge in [0.1, 0.15) is 0 Å². The van der Waals surface area contributed by atoms with Gasteiger partial charge < -0.3 is 14.8 Å². The number of carbonyl (C=O) groups is 2. The Morgan fingerprint density at radius 2 is 1.78 bits per heavy atom. The molecule has 0 unspecified atom stereocenters. The first-order valence-electron chi connectivity index (χ1n) is 5.59. The molecular weight excluding hydrogens is 234 g/mol. The molecule has 0 saturated heterocycles. The Labute approximate surface area is 105 Å². The molecule has 1 heterocycles. The van der Waals surface area contributed by atoms with Gasteiger partial charge in [-0.2, -0.15) is 0 Å². The van der Waals surface area contributed by atoms with Crippen LogP contribution >= 0.6 is 0 Å². The summed E-state index contributed by atoms with van der Waals surface area (Å²) in [7, 11) is 0. The second-order valence-corrected chi connectivity index (χ2v) is 3.95. The third kappa shape index (κ3) is 2.80. The van der Waals surface area contributed by atoms with Crippen molar-refractivity contribution < 1.29 is 19.1 Å². The zero-order chi connectivity index (χ0) is 13.1. The van der Waals surface area contributed by atoms with Gasteiger partial charge in [0.2, 0.25) is 0 Å². The van der Waals surface area contributed by atoms with Crippen molar-refractivity contribution in [1.29, 1.82) is 0 Å². The summed E-state index contributed by atoms with van der Waals surface area (Å²) in [6, 6.07) is 3.35. The van der Waals surface area contributed by atoms with Crippen LogP contribution in [-0.2, 0) is 16.0 Å². The van der Waals surface area contributed by atoms with Crippen molar-refractivity contribution >= 4 is 17.6 Å². The topological polar surface area (TPSA) is 64.6 Å². The van der Waals surface area contributed by atoms with Gasteiger partial charge in [-0.25, -0.2) is 0 Å². The minimum Gasteiger partial charge on any atom is -0.423 e. The van der Waals surface area contributed by atoms with Gasteiger partial charge in [0.25, 0.3) is 0 Å². The van der Waals surface area contributed by atoms with Gasteiger partial charge in [-0.15, -0.1) is 0 Å². The molecule has 1 N–H and O–H groups in total. The molecule has 1 aromatic carbocycles. The van der Waals surface area contributed by atoms with E-state index in [1.165, 1.54) is 13.8 Å². The number of benzene rings is 1. The highest BCUT2D eigenvalue weighted by atomic mass is 16.6. The molecule has 0 spiro atoms. The van der Waals surface area contributed by atoms with Crippen LogP contribution in [0.2, 0.25) is 0 Å². The predicted molar refractivity (Wildman–Crippen MR) is 64.2 cm³/mol. The minimum atomic E-state index is -0.466. The van der Waals surface area contributed by atoms with Gasteiger partial charge in [-0.1, -0.05) is 0 Å². The molecule has 0 bridgehead atoms. The number of nitrogens with one attached hydrogen (secondary N) is 1. The van der Waals surface area contributed by atoms with Gasteiger partial charge >= 0.3 is 11.9 Å². The van der Waals surface area contributed by atoms with E-state index in [2.05, 4.69) is 11.9 Å². The fourth-order valence-electron chi connectivity index (χ4n) is 1.75. The standard InChI is InChI=1S/C13H13NO4/c1-8(15)17-12-6-10-4-3-5-14-11(10)7-13(12)18-9(2)16/h6-7,14H,3-4H2,1-2H3. The molecule has 18 heavy (non-hydrogen) atoms. The normalized spacial score (nSPS) is 13.2. The average Bonchev–Trinajstić information content (AvgIpc) is 2.28. The zero-order valence-electron chi connectivity index (χ0n) is 10.2. The fraction of sp³-hybridized carbons (Fsp3) is 0.308. The van der Waals surface area contributed by atoms with E-state index >= 15 is 0 Å². The lowest BCUT2D eigenvalue weighted by Crippen LogP contribution is -2.11. The smallest absolute Gasteiger partial charge is 0.308 e. The van der Waals surface area contributed by atoms with Crippen LogP contribution in [0, 0.1) is 6.54 Å². The second-order valence-electron chi connectivity index (χ2n) is 3.95. The second kappa shape index (κ2) is 5.08.